The molecule has 0 unspecified atom stereocenters. The number of rotatable bonds is 7. The van der Waals surface area contributed by atoms with Gasteiger partial charge in [-0.3, -0.25) is 0 Å². The Morgan fingerprint density at radius 1 is 0.789 bits per heavy atom. The van der Waals surface area contributed by atoms with E-state index in [0.29, 0.717) is 17.7 Å². The van der Waals surface area contributed by atoms with E-state index in [4.69, 9.17) is 0 Å². The summed E-state index contributed by atoms with van der Waals surface area (Å²) in [5.41, 5.74) is -5.30. The van der Waals surface area contributed by atoms with Gasteiger partial charge in [0, 0.05) is 5.56 Å². The molecular weight excluding hydrogens is 537 g/mol. The van der Waals surface area contributed by atoms with Crippen LogP contribution in [0, 0.1) is 5.82 Å². The third kappa shape index (κ3) is 4.51. The average molecular weight is 559 g/mol. The van der Waals surface area contributed by atoms with Gasteiger partial charge in [0.05, 0.1) is 11.5 Å². The Morgan fingerprint density at radius 2 is 1.32 bits per heavy atom. The molecule has 38 heavy (non-hydrogen) atoms. The molecule has 1 fully saturated rings. The Kier molecular flexibility index (Phi) is 6.98. The number of alkyl halides is 6. The van der Waals surface area contributed by atoms with Crippen LogP contribution in [0.15, 0.2) is 95.9 Å². The molecule has 1 saturated carbocycles. The molecule has 3 nitrogen and oxygen atoms in total. The van der Waals surface area contributed by atoms with E-state index < -0.39 is 50.5 Å². The van der Waals surface area contributed by atoms with Crippen molar-refractivity contribution in [2.75, 3.05) is 0 Å². The van der Waals surface area contributed by atoms with Crippen LogP contribution >= 0.6 is 0 Å². The average Bonchev–Trinajstić information content (AvgIpc) is 2.82. The van der Waals surface area contributed by atoms with Crippen LogP contribution in [0.1, 0.15) is 29.5 Å². The Bertz CT molecular complexity index is 1390. The predicted octanol–water partition coefficient (Wildman–Crippen LogP) is 7.38. The van der Waals surface area contributed by atoms with Crippen molar-refractivity contribution in [3.8, 4) is 0 Å². The molecule has 1 aliphatic rings. The maximum absolute atomic E-state index is 14.2. The van der Waals surface area contributed by atoms with Crippen molar-refractivity contribution >= 4 is 9.84 Å². The monoisotopic (exact) mass is 558 g/mol. The molecule has 0 heterocycles. The van der Waals surface area contributed by atoms with Crippen LogP contribution in [0.4, 0.5) is 30.7 Å². The van der Waals surface area contributed by atoms with Crippen molar-refractivity contribution in [2.45, 2.75) is 47.0 Å². The number of ether oxygens (including phenoxy) is 1. The van der Waals surface area contributed by atoms with Crippen LogP contribution < -0.4 is 0 Å². The summed E-state index contributed by atoms with van der Waals surface area (Å²) in [4.78, 5) is -0.235. The highest BCUT2D eigenvalue weighted by atomic mass is 32.2. The second kappa shape index (κ2) is 9.53. The smallest absolute Gasteiger partial charge is 0.349 e. The maximum Gasteiger partial charge on any atom is 0.430 e. The Hall–Kier alpha value is -3.18. The van der Waals surface area contributed by atoms with E-state index in [2.05, 4.69) is 11.3 Å². The molecule has 4 rings (SSSR count). The third-order valence-electron chi connectivity index (χ3n) is 6.62. The minimum Gasteiger partial charge on any atom is -0.349 e. The fourth-order valence-electron chi connectivity index (χ4n) is 4.65. The van der Waals surface area contributed by atoms with Crippen LogP contribution in [0.25, 0.3) is 0 Å². The lowest BCUT2D eigenvalue weighted by atomic mass is 9.75. The van der Waals surface area contributed by atoms with Gasteiger partial charge in [-0.25, -0.2) is 12.8 Å². The van der Waals surface area contributed by atoms with Crippen molar-refractivity contribution in [1.29, 1.82) is 0 Å². The molecule has 0 amide bonds. The summed E-state index contributed by atoms with van der Waals surface area (Å²) in [7, 11) is -4.22. The molecule has 0 saturated heterocycles. The van der Waals surface area contributed by atoms with E-state index in [-0.39, 0.29) is 28.9 Å². The van der Waals surface area contributed by atoms with Gasteiger partial charge in [-0.05, 0) is 48.2 Å². The highest BCUT2D eigenvalue weighted by Crippen LogP contribution is 2.56. The predicted molar refractivity (Wildman–Crippen MR) is 125 cm³/mol. The minimum absolute atomic E-state index is 0.0146. The molecule has 0 N–H and O–H groups in total. The van der Waals surface area contributed by atoms with Crippen LogP contribution in [-0.2, 0) is 31.5 Å². The number of sulfone groups is 1. The summed E-state index contributed by atoms with van der Waals surface area (Å²) >= 11 is 0. The molecule has 3 aromatic carbocycles. The number of hydrogen-bond donors (Lipinski definition) is 0. The summed E-state index contributed by atoms with van der Waals surface area (Å²) in [6.07, 6.45) is -12.0. The molecule has 202 valence electrons. The molecule has 0 aliphatic heterocycles. The Labute approximate surface area is 214 Å². The van der Waals surface area contributed by atoms with E-state index in [1.807, 2.05) is 0 Å². The first-order valence-corrected chi connectivity index (χ1v) is 12.7. The number of benzene rings is 3. The quantitative estimate of drug-likeness (QED) is 0.173. The van der Waals surface area contributed by atoms with Gasteiger partial charge in [0.25, 0.3) is 5.60 Å². The van der Waals surface area contributed by atoms with Crippen molar-refractivity contribution in [3.63, 3.8) is 0 Å². The maximum atomic E-state index is 14.2. The van der Waals surface area contributed by atoms with Gasteiger partial charge in [-0.1, -0.05) is 66.7 Å². The van der Waals surface area contributed by atoms with E-state index >= 15 is 0 Å². The number of allylic oxidation sites excluding steroid dienone is 1. The van der Waals surface area contributed by atoms with Gasteiger partial charge in [0.1, 0.15) is 10.6 Å². The van der Waals surface area contributed by atoms with Crippen molar-refractivity contribution in [3.05, 3.63) is 114 Å². The molecule has 3 aromatic rings. The summed E-state index contributed by atoms with van der Waals surface area (Å²) in [5.74, 6) is -0.675. The van der Waals surface area contributed by atoms with Gasteiger partial charge < -0.3 is 4.74 Å². The normalized spacial score (nSPS) is 16.2. The molecule has 0 radical (unpaired) electrons. The lowest BCUT2D eigenvalue weighted by molar-refractivity contribution is -0.392. The van der Waals surface area contributed by atoms with Crippen LogP contribution in [0.5, 0.6) is 0 Å². The number of hydrogen-bond acceptors (Lipinski definition) is 3. The first-order chi connectivity index (χ1) is 17.6. The van der Waals surface area contributed by atoms with Gasteiger partial charge in [-0.15, -0.1) is 0 Å². The second-order valence-electron chi connectivity index (χ2n) is 9.08. The lowest BCUT2D eigenvalue weighted by Crippen LogP contribution is -2.56. The Balaban J connectivity index is 1.79. The first-order valence-electron chi connectivity index (χ1n) is 11.2. The highest BCUT2D eigenvalue weighted by Gasteiger charge is 2.73. The van der Waals surface area contributed by atoms with Crippen LogP contribution in [0.2, 0.25) is 0 Å². The van der Waals surface area contributed by atoms with Crippen molar-refractivity contribution < 1.29 is 43.9 Å². The lowest BCUT2D eigenvalue weighted by Gasteiger charge is -2.43. The molecular formula is C27H21F7O3S. The third-order valence-corrected chi connectivity index (χ3v) is 9.07. The zero-order valence-corrected chi connectivity index (χ0v) is 20.4. The van der Waals surface area contributed by atoms with Gasteiger partial charge in [0.2, 0.25) is 0 Å². The number of halogens is 7. The first kappa shape index (κ1) is 27.8. The zero-order valence-electron chi connectivity index (χ0n) is 19.6. The summed E-state index contributed by atoms with van der Waals surface area (Å²) in [6, 6.07) is 14.1. The van der Waals surface area contributed by atoms with Gasteiger partial charge >= 0.3 is 12.4 Å². The molecule has 0 aromatic heterocycles. The van der Waals surface area contributed by atoms with Crippen LogP contribution in [-0.4, -0.2) is 20.8 Å². The molecule has 11 heteroatoms. The van der Waals surface area contributed by atoms with E-state index in [9.17, 15) is 39.2 Å². The van der Waals surface area contributed by atoms with Crippen LogP contribution in [0.3, 0.4) is 0 Å². The summed E-state index contributed by atoms with van der Waals surface area (Å²) < 4.78 is 128. The topological polar surface area (TPSA) is 43.4 Å². The molecule has 0 atom stereocenters. The summed E-state index contributed by atoms with van der Waals surface area (Å²) in [5, 5.41) is 0. The molecule has 1 aliphatic carbocycles. The van der Waals surface area contributed by atoms with E-state index in [1.165, 1.54) is 24.3 Å². The molecule has 0 bridgehead atoms. The SMILES string of the molecule is C=C1CC(c2ccc(C(OCc3ccccc3)(C(F)(F)F)C(F)(F)F)cc2)(S(=O)(=O)c2ccc(F)cc2)C1. The Morgan fingerprint density at radius 3 is 1.79 bits per heavy atom. The molecule has 0 spiro atoms. The zero-order chi connectivity index (χ0) is 28.0. The second-order valence-corrected chi connectivity index (χ2v) is 11.3. The fourth-order valence-corrected chi connectivity index (χ4v) is 6.83. The van der Waals surface area contributed by atoms with Gasteiger partial charge in [0.15, 0.2) is 9.84 Å². The fraction of sp³-hybridized carbons (Fsp3) is 0.259. The van der Waals surface area contributed by atoms with E-state index in [0.717, 1.165) is 36.4 Å². The van der Waals surface area contributed by atoms with E-state index in [1.54, 1.807) is 6.07 Å². The minimum atomic E-state index is -5.90. The standard InChI is InChI=1S/C27H21F7O3S/c1-18-15-24(16-18,38(35,36)23-13-11-22(28)12-14-23)20-7-9-21(10-8-20)25(26(29,30)31,27(32,33)34)37-17-19-5-3-2-4-6-19/h2-14H,1,15-17H2. The van der Waals surface area contributed by atoms with Crippen molar-refractivity contribution in [2.24, 2.45) is 0 Å². The largest absolute Gasteiger partial charge is 0.430 e. The van der Waals surface area contributed by atoms with Crippen molar-refractivity contribution in [1.82, 2.24) is 0 Å². The highest BCUT2D eigenvalue weighted by molar-refractivity contribution is 7.92. The summed E-state index contributed by atoms with van der Waals surface area (Å²) in [6.45, 7) is 2.75. The van der Waals surface area contributed by atoms with Gasteiger partial charge in [-0.2, -0.15) is 26.3 Å².